The lowest BCUT2D eigenvalue weighted by atomic mass is 11.0. The van der Waals surface area contributed by atoms with Crippen molar-refractivity contribution in [1.82, 2.24) is 14.8 Å². The van der Waals surface area contributed by atoms with Crippen LogP contribution in [0.25, 0.3) is 0 Å². The van der Waals surface area contributed by atoms with Crippen molar-refractivity contribution in [3.63, 3.8) is 0 Å². The molecule has 0 atom stereocenters. The molecule has 0 aromatic carbocycles. The Morgan fingerprint density at radius 3 is 2.67 bits per heavy atom. The summed E-state index contributed by atoms with van der Waals surface area (Å²) in [5.41, 5.74) is 5.52. The SMILES string of the molecule is CSC(=N)n1nc(SC)nc1N. The molecular formula is C5H9N5S2. The van der Waals surface area contributed by atoms with Gasteiger partial charge in [-0.05, 0) is 12.5 Å². The highest BCUT2D eigenvalue weighted by Crippen LogP contribution is 2.12. The van der Waals surface area contributed by atoms with Crippen molar-refractivity contribution in [2.24, 2.45) is 0 Å². The normalized spacial score (nSPS) is 10.2. The molecule has 0 saturated carbocycles. The number of aromatic nitrogens is 3. The molecule has 1 aromatic rings. The first-order valence-electron chi connectivity index (χ1n) is 3.08. The number of hydrogen-bond donors (Lipinski definition) is 2. The molecule has 7 heteroatoms. The van der Waals surface area contributed by atoms with Gasteiger partial charge >= 0.3 is 0 Å². The van der Waals surface area contributed by atoms with E-state index in [0.29, 0.717) is 5.16 Å². The van der Waals surface area contributed by atoms with Gasteiger partial charge in [-0.1, -0.05) is 23.5 Å². The first kappa shape index (κ1) is 9.40. The van der Waals surface area contributed by atoms with Crippen molar-refractivity contribution < 1.29 is 0 Å². The summed E-state index contributed by atoms with van der Waals surface area (Å²) in [4.78, 5) is 3.94. The Morgan fingerprint density at radius 2 is 2.25 bits per heavy atom. The number of rotatable bonds is 1. The molecule has 0 bridgehead atoms. The predicted molar refractivity (Wildman–Crippen MR) is 52.9 cm³/mol. The lowest BCUT2D eigenvalue weighted by Crippen LogP contribution is -2.11. The molecule has 0 fully saturated rings. The second-order valence-corrected chi connectivity index (χ2v) is 3.45. The highest BCUT2D eigenvalue weighted by Gasteiger charge is 2.08. The van der Waals surface area contributed by atoms with Gasteiger partial charge in [-0.3, -0.25) is 5.41 Å². The summed E-state index contributed by atoms with van der Waals surface area (Å²) in [7, 11) is 0. The molecule has 0 spiro atoms. The van der Waals surface area contributed by atoms with Gasteiger partial charge in [0.05, 0.1) is 0 Å². The molecule has 0 aliphatic heterocycles. The first-order valence-corrected chi connectivity index (χ1v) is 5.53. The van der Waals surface area contributed by atoms with Crippen molar-refractivity contribution in [2.75, 3.05) is 18.2 Å². The summed E-state index contributed by atoms with van der Waals surface area (Å²) in [6.45, 7) is 0. The maximum Gasteiger partial charge on any atom is 0.226 e. The second-order valence-electron chi connectivity index (χ2n) is 1.88. The lowest BCUT2D eigenvalue weighted by Gasteiger charge is -1.98. The van der Waals surface area contributed by atoms with Gasteiger partial charge in [-0.15, -0.1) is 5.10 Å². The Labute approximate surface area is 78.6 Å². The molecule has 66 valence electrons. The van der Waals surface area contributed by atoms with Gasteiger partial charge in [-0.25, -0.2) is 0 Å². The van der Waals surface area contributed by atoms with Crippen LogP contribution in [0.4, 0.5) is 5.95 Å². The number of anilines is 1. The maximum atomic E-state index is 7.44. The fourth-order valence-corrected chi connectivity index (χ4v) is 1.28. The molecule has 0 amide bonds. The van der Waals surface area contributed by atoms with E-state index in [1.54, 1.807) is 6.26 Å². The van der Waals surface area contributed by atoms with Crippen LogP contribution in [0.3, 0.4) is 0 Å². The quantitative estimate of drug-likeness (QED) is 0.399. The van der Waals surface area contributed by atoms with Crippen LogP contribution in [-0.2, 0) is 0 Å². The number of nitrogens with one attached hydrogen (secondary N) is 1. The molecule has 12 heavy (non-hydrogen) atoms. The Balaban J connectivity index is 2.99. The summed E-state index contributed by atoms with van der Waals surface area (Å²) < 4.78 is 1.32. The number of thioether (sulfide) groups is 2. The van der Waals surface area contributed by atoms with E-state index in [9.17, 15) is 0 Å². The van der Waals surface area contributed by atoms with Crippen molar-refractivity contribution in [3.8, 4) is 0 Å². The van der Waals surface area contributed by atoms with Crippen LogP contribution in [-0.4, -0.2) is 32.4 Å². The standard InChI is InChI=1S/C5H9N5S2/c1-11-4(7)10-3(6)8-5(9-10)12-2/h7H,1-2H3,(H2,6,8,9). The monoisotopic (exact) mass is 203 g/mol. The average molecular weight is 203 g/mol. The molecule has 3 N–H and O–H groups in total. The largest absolute Gasteiger partial charge is 0.368 e. The predicted octanol–water partition coefficient (Wildman–Crippen LogP) is 0.728. The van der Waals surface area contributed by atoms with E-state index >= 15 is 0 Å². The molecular weight excluding hydrogens is 194 g/mol. The van der Waals surface area contributed by atoms with Crippen molar-refractivity contribution in [3.05, 3.63) is 0 Å². The number of nitrogens with two attached hydrogens (primary N) is 1. The van der Waals surface area contributed by atoms with Gasteiger partial charge in [0.25, 0.3) is 0 Å². The topological polar surface area (TPSA) is 80.6 Å². The Kier molecular flexibility index (Phi) is 2.99. The third-order valence-electron chi connectivity index (χ3n) is 1.18. The van der Waals surface area contributed by atoms with E-state index in [2.05, 4.69) is 10.1 Å². The molecule has 0 radical (unpaired) electrons. The zero-order chi connectivity index (χ0) is 9.14. The fourth-order valence-electron chi connectivity index (χ4n) is 0.627. The summed E-state index contributed by atoms with van der Waals surface area (Å²) in [6, 6.07) is 0. The molecule has 5 nitrogen and oxygen atoms in total. The van der Waals surface area contributed by atoms with Gasteiger partial charge in [0, 0.05) is 0 Å². The van der Waals surface area contributed by atoms with E-state index in [1.807, 2.05) is 6.26 Å². The minimum atomic E-state index is 0.263. The highest BCUT2D eigenvalue weighted by molar-refractivity contribution is 8.13. The van der Waals surface area contributed by atoms with Gasteiger partial charge in [0.2, 0.25) is 11.1 Å². The smallest absolute Gasteiger partial charge is 0.226 e. The molecule has 0 unspecified atom stereocenters. The summed E-state index contributed by atoms with van der Waals surface area (Å²) in [5.74, 6) is 0.263. The van der Waals surface area contributed by atoms with Crippen LogP contribution in [0.2, 0.25) is 0 Å². The van der Waals surface area contributed by atoms with E-state index in [1.165, 1.54) is 28.2 Å². The molecule has 0 aliphatic rings. The first-order chi connectivity index (χ1) is 5.69. The summed E-state index contributed by atoms with van der Waals surface area (Å²) >= 11 is 2.67. The zero-order valence-corrected chi connectivity index (χ0v) is 8.37. The molecule has 1 rings (SSSR count). The summed E-state index contributed by atoms with van der Waals surface area (Å²) in [6.07, 6.45) is 3.66. The van der Waals surface area contributed by atoms with E-state index in [4.69, 9.17) is 11.1 Å². The Hall–Kier alpha value is -0.690. The second kappa shape index (κ2) is 3.81. The molecule has 1 aromatic heterocycles. The van der Waals surface area contributed by atoms with Crippen molar-refractivity contribution >= 4 is 34.6 Å². The minimum Gasteiger partial charge on any atom is -0.368 e. The zero-order valence-electron chi connectivity index (χ0n) is 6.74. The minimum absolute atomic E-state index is 0.263. The average Bonchev–Trinajstić information content (AvgIpc) is 2.45. The summed E-state index contributed by atoms with van der Waals surface area (Å²) in [5, 5.41) is 12.3. The van der Waals surface area contributed by atoms with E-state index in [0.717, 1.165) is 0 Å². The number of hydrogen-bond acceptors (Lipinski definition) is 6. The van der Waals surface area contributed by atoms with Crippen LogP contribution in [0, 0.1) is 5.41 Å². The van der Waals surface area contributed by atoms with Gasteiger partial charge in [0.15, 0.2) is 5.17 Å². The number of nitrogens with zero attached hydrogens (tertiary/aromatic N) is 3. The van der Waals surface area contributed by atoms with Gasteiger partial charge in [0.1, 0.15) is 0 Å². The lowest BCUT2D eigenvalue weighted by molar-refractivity contribution is 0.888. The van der Waals surface area contributed by atoms with Crippen LogP contribution < -0.4 is 5.73 Å². The van der Waals surface area contributed by atoms with Crippen molar-refractivity contribution in [1.29, 1.82) is 5.41 Å². The Morgan fingerprint density at radius 1 is 1.58 bits per heavy atom. The fraction of sp³-hybridized carbons (Fsp3) is 0.400. The third-order valence-corrected chi connectivity index (χ3v) is 2.28. The highest BCUT2D eigenvalue weighted by atomic mass is 32.2. The number of nitrogen functional groups attached to an aromatic ring is 1. The molecule has 1 heterocycles. The maximum absolute atomic E-state index is 7.44. The van der Waals surface area contributed by atoms with E-state index in [-0.39, 0.29) is 11.1 Å². The van der Waals surface area contributed by atoms with Crippen LogP contribution >= 0.6 is 23.5 Å². The van der Waals surface area contributed by atoms with Crippen LogP contribution in [0.5, 0.6) is 0 Å². The van der Waals surface area contributed by atoms with Crippen molar-refractivity contribution in [2.45, 2.75) is 5.16 Å². The molecule has 0 aliphatic carbocycles. The third kappa shape index (κ3) is 1.72. The van der Waals surface area contributed by atoms with E-state index < -0.39 is 0 Å². The Bertz CT molecular complexity index is 294. The van der Waals surface area contributed by atoms with Crippen LogP contribution in [0.1, 0.15) is 0 Å². The van der Waals surface area contributed by atoms with Gasteiger partial charge < -0.3 is 5.73 Å². The molecule has 0 saturated heterocycles. The van der Waals surface area contributed by atoms with Crippen LogP contribution in [0.15, 0.2) is 5.16 Å². The van der Waals surface area contributed by atoms with Gasteiger partial charge in [-0.2, -0.15) is 9.67 Å².